The van der Waals surface area contributed by atoms with Gasteiger partial charge in [-0.3, -0.25) is 0 Å². The van der Waals surface area contributed by atoms with Gasteiger partial charge in [0.15, 0.2) is 15.6 Å². The van der Waals surface area contributed by atoms with Crippen molar-refractivity contribution in [2.75, 3.05) is 6.26 Å². The zero-order chi connectivity index (χ0) is 20.0. The Kier molecular flexibility index (Phi) is 4.02. The van der Waals surface area contributed by atoms with Crippen LogP contribution in [0.25, 0.3) is 27.5 Å². The van der Waals surface area contributed by atoms with Crippen molar-refractivity contribution < 1.29 is 17.9 Å². The summed E-state index contributed by atoms with van der Waals surface area (Å²) in [4.78, 5) is 1.68. The highest BCUT2D eigenvalue weighted by Gasteiger charge is 2.19. The van der Waals surface area contributed by atoms with E-state index in [1.54, 1.807) is 12.3 Å². The minimum absolute atomic E-state index is 0.206. The maximum atomic E-state index is 11.9. The number of aromatic nitrogens is 3. The fourth-order valence-electron chi connectivity index (χ4n) is 3.27. The van der Waals surface area contributed by atoms with E-state index in [2.05, 4.69) is 10.2 Å². The Morgan fingerprint density at radius 1 is 1.03 bits per heavy atom. The summed E-state index contributed by atoms with van der Waals surface area (Å²) in [5.74, 6) is 0.584. The van der Waals surface area contributed by atoms with E-state index in [0.29, 0.717) is 28.9 Å². The molecule has 4 aromatic rings. The molecule has 0 N–H and O–H groups in total. The van der Waals surface area contributed by atoms with Crippen molar-refractivity contribution in [3.05, 3.63) is 66.9 Å². The first-order valence-electron chi connectivity index (χ1n) is 9.05. The molecule has 1 atom stereocenters. The average Bonchev–Trinajstić information content (AvgIpc) is 3.35. The van der Waals surface area contributed by atoms with Gasteiger partial charge in [-0.1, -0.05) is 24.3 Å². The lowest BCUT2D eigenvalue weighted by atomic mass is 10.1. The summed E-state index contributed by atoms with van der Waals surface area (Å²) in [6.07, 6.45) is 4.94. The SMILES string of the molecule is CS(=O)(=O)c1ccc2nn(-c3cc4ccccc4cc3OC3CC=CO3)nc2c1. The van der Waals surface area contributed by atoms with E-state index in [9.17, 15) is 8.42 Å². The fourth-order valence-corrected chi connectivity index (χ4v) is 3.91. The Hall–Kier alpha value is -3.39. The van der Waals surface area contributed by atoms with Crippen LogP contribution >= 0.6 is 0 Å². The molecule has 7 nitrogen and oxygen atoms in total. The molecule has 0 spiro atoms. The number of benzene rings is 3. The third kappa shape index (κ3) is 3.31. The summed E-state index contributed by atoms with van der Waals surface area (Å²) >= 11 is 0. The van der Waals surface area contributed by atoms with Gasteiger partial charge in [0.2, 0.25) is 6.29 Å². The van der Waals surface area contributed by atoms with E-state index in [1.807, 2.05) is 42.5 Å². The third-order valence-electron chi connectivity index (χ3n) is 4.74. The molecule has 5 rings (SSSR count). The first kappa shape index (κ1) is 17.7. The van der Waals surface area contributed by atoms with Crippen LogP contribution in [0, 0.1) is 0 Å². The molecular formula is C21H17N3O4S. The van der Waals surface area contributed by atoms with Crippen LogP contribution in [-0.2, 0) is 14.6 Å². The fraction of sp³-hybridized carbons (Fsp3) is 0.143. The molecule has 0 amide bonds. The summed E-state index contributed by atoms with van der Waals surface area (Å²) < 4.78 is 35.2. The third-order valence-corrected chi connectivity index (χ3v) is 5.85. The van der Waals surface area contributed by atoms with Gasteiger partial charge in [0.05, 0.1) is 11.2 Å². The lowest BCUT2D eigenvalue weighted by molar-refractivity contribution is -0.0107. The molecular weight excluding hydrogens is 390 g/mol. The molecule has 0 fully saturated rings. The number of nitrogens with zero attached hydrogens (tertiary/aromatic N) is 3. The minimum atomic E-state index is -3.33. The Bertz CT molecular complexity index is 1370. The molecule has 0 saturated carbocycles. The first-order valence-corrected chi connectivity index (χ1v) is 10.9. The Balaban J connectivity index is 1.66. The predicted molar refractivity (Wildman–Crippen MR) is 109 cm³/mol. The first-order chi connectivity index (χ1) is 14.0. The van der Waals surface area contributed by atoms with Gasteiger partial charge in [0.1, 0.15) is 16.7 Å². The van der Waals surface area contributed by atoms with Crippen LogP contribution in [0.1, 0.15) is 6.42 Å². The molecule has 1 unspecified atom stereocenters. The highest BCUT2D eigenvalue weighted by molar-refractivity contribution is 7.90. The summed E-state index contributed by atoms with van der Waals surface area (Å²) in [5.41, 5.74) is 1.73. The van der Waals surface area contributed by atoms with E-state index in [0.717, 1.165) is 10.8 Å². The van der Waals surface area contributed by atoms with Crippen LogP contribution in [0.3, 0.4) is 0 Å². The Labute approximate surface area is 167 Å². The number of rotatable bonds is 4. The maximum Gasteiger partial charge on any atom is 0.243 e. The van der Waals surface area contributed by atoms with Gasteiger partial charge >= 0.3 is 0 Å². The van der Waals surface area contributed by atoms with Crippen LogP contribution < -0.4 is 4.74 Å². The molecule has 0 saturated heterocycles. The van der Waals surface area contributed by atoms with Crippen molar-refractivity contribution in [3.63, 3.8) is 0 Å². The lowest BCUT2D eigenvalue weighted by Crippen LogP contribution is -2.15. The van der Waals surface area contributed by atoms with E-state index >= 15 is 0 Å². The average molecular weight is 407 g/mol. The van der Waals surface area contributed by atoms with Gasteiger partial charge in [-0.05, 0) is 47.2 Å². The van der Waals surface area contributed by atoms with Crippen molar-refractivity contribution in [2.45, 2.75) is 17.6 Å². The Morgan fingerprint density at radius 2 is 1.79 bits per heavy atom. The van der Waals surface area contributed by atoms with Gasteiger partial charge in [0, 0.05) is 12.7 Å². The number of ether oxygens (including phenoxy) is 2. The molecule has 3 aromatic carbocycles. The molecule has 0 bridgehead atoms. The topological polar surface area (TPSA) is 83.3 Å². The molecule has 8 heteroatoms. The van der Waals surface area contributed by atoms with Crippen molar-refractivity contribution in [2.24, 2.45) is 0 Å². The molecule has 146 valence electrons. The smallest absolute Gasteiger partial charge is 0.243 e. The molecule has 2 heterocycles. The summed E-state index contributed by atoms with van der Waals surface area (Å²) in [6, 6.07) is 16.5. The van der Waals surface area contributed by atoms with Crippen molar-refractivity contribution in [1.29, 1.82) is 0 Å². The van der Waals surface area contributed by atoms with E-state index in [4.69, 9.17) is 9.47 Å². The largest absolute Gasteiger partial charge is 0.462 e. The Morgan fingerprint density at radius 3 is 2.52 bits per heavy atom. The van der Waals surface area contributed by atoms with Crippen LogP contribution in [-0.4, -0.2) is 36.0 Å². The van der Waals surface area contributed by atoms with E-state index in [-0.39, 0.29) is 4.90 Å². The van der Waals surface area contributed by atoms with Crippen molar-refractivity contribution in [1.82, 2.24) is 15.0 Å². The number of sulfone groups is 1. The normalized spacial score (nSPS) is 16.4. The molecule has 0 radical (unpaired) electrons. The van der Waals surface area contributed by atoms with Gasteiger partial charge < -0.3 is 9.47 Å². The standard InChI is InChI=1S/C21H17N3O4S/c1-29(25,26)16-8-9-17-18(13-16)23-24(22-17)19-11-14-5-2-3-6-15(14)12-20(19)28-21-7-4-10-27-21/h2-6,8-13,21H,7H2,1H3. The molecule has 1 aliphatic heterocycles. The van der Waals surface area contributed by atoms with E-state index < -0.39 is 16.1 Å². The highest BCUT2D eigenvalue weighted by Crippen LogP contribution is 2.31. The van der Waals surface area contributed by atoms with Gasteiger partial charge in [-0.25, -0.2) is 8.42 Å². The van der Waals surface area contributed by atoms with Crippen molar-refractivity contribution >= 4 is 31.6 Å². The minimum Gasteiger partial charge on any atom is -0.462 e. The monoisotopic (exact) mass is 407 g/mol. The second kappa shape index (κ2) is 6.59. The van der Waals surface area contributed by atoms with Crippen LogP contribution in [0.2, 0.25) is 0 Å². The van der Waals surface area contributed by atoms with E-state index in [1.165, 1.54) is 23.2 Å². The maximum absolute atomic E-state index is 11.9. The molecule has 1 aromatic heterocycles. The quantitative estimate of drug-likeness (QED) is 0.514. The van der Waals surface area contributed by atoms with Gasteiger partial charge in [-0.2, -0.15) is 0 Å². The second-order valence-corrected chi connectivity index (χ2v) is 8.89. The second-order valence-electron chi connectivity index (χ2n) is 6.87. The molecule has 1 aliphatic rings. The number of hydrogen-bond acceptors (Lipinski definition) is 6. The summed E-state index contributed by atoms with van der Waals surface area (Å²) in [5, 5.41) is 11.1. The summed E-state index contributed by atoms with van der Waals surface area (Å²) in [7, 11) is -3.33. The predicted octanol–water partition coefficient (Wildman–Crippen LogP) is 3.62. The lowest BCUT2D eigenvalue weighted by Gasteiger charge is -2.16. The zero-order valence-corrected chi connectivity index (χ0v) is 16.3. The van der Waals surface area contributed by atoms with Crippen molar-refractivity contribution in [3.8, 4) is 11.4 Å². The molecule has 29 heavy (non-hydrogen) atoms. The summed E-state index contributed by atoms with van der Waals surface area (Å²) in [6.45, 7) is 0. The number of hydrogen-bond donors (Lipinski definition) is 0. The van der Waals surface area contributed by atoms with Crippen LogP contribution in [0.15, 0.2) is 71.8 Å². The highest BCUT2D eigenvalue weighted by atomic mass is 32.2. The molecule has 0 aliphatic carbocycles. The van der Waals surface area contributed by atoms with Crippen LogP contribution in [0.5, 0.6) is 5.75 Å². The van der Waals surface area contributed by atoms with Gasteiger partial charge in [0.25, 0.3) is 0 Å². The zero-order valence-electron chi connectivity index (χ0n) is 15.5. The van der Waals surface area contributed by atoms with Gasteiger partial charge in [-0.15, -0.1) is 15.0 Å². The van der Waals surface area contributed by atoms with Crippen LogP contribution in [0.4, 0.5) is 0 Å². The number of fused-ring (bicyclic) bond motifs is 2.